The van der Waals surface area contributed by atoms with E-state index in [2.05, 4.69) is 23.4 Å². The molecule has 0 aliphatic carbocycles. The summed E-state index contributed by atoms with van der Waals surface area (Å²) in [6.07, 6.45) is 2.48. The minimum absolute atomic E-state index is 0.237. The summed E-state index contributed by atoms with van der Waals surface area (Å²) >= 11 is 1.54. The first kappa shape index (κ1) is 18.6. The first-order valence-corrected chi connectivity index (χ1v) is 9.52. The number of aromatic nitrogens is 3. The van der Waals surface area contributed by atoms with Crippen molar-refractivity contribution in [3.8, 4) is 0 Å². The molecule has 26 heavy (non-hydrogen) atoms. The molecule has 0 spiro atoms. The molecule has 2 aromatic heterocycles. The van der Waals surface area contributed by atoms with Gasteiger partial charge in [-0.2, -0.15) is 0 Å². The fraction of sp³-hybridized carbons (Fsp3) is 0.300. The monoisotopic (exact) mass is 370 g/mol. The maximum absolute atomic E-state index is 13.6. The topological polar surface area (TPSA) is 56.7 Å². The molecule has 0 fully saturated rings. The number of rotatable bonds is 7. The summed E-state index contributed by atoms with van der Waals surface area (Å²) in [4.78, 5) is 10.2. The van der Waals surface area contributed by atoms with Crippen LogP contribution in [0.15, 0.2) is 58.6 Å². The molecule has 0 aliphatic heterocycles. The Kier molecular flexibility index (Phi) is 6.06. The van der Waals surface area contributed by atoms with E-state index in [4.69, 9.17) is 10.7 Å². The number of benzene rings is 1. The van der Waals surface area contributed by atoms with Gasteiger partial charge in [0.15, 0.2) is 0 Å². The van der Waals surface area contributed by atoms with E-state index in [1.165, 1.54) is 6.07 Å². The quantitative estimate of drug-likeness (QED) is 0.676. The highest BCUT2D eigenvalue weighted by Crippen LogP contribution is 2.35. The molecule has 4 nitrogen and oxygen atoms in total. The van der Waals surface area contributed by atoms with Gasteiger partial charge in [-0.1, -0.05) is 37.7 Å². The molecule has 2 heterocycles. The molecule has 1 aromatic carbocycles. The lowest BCUT2D eigenvalue weighted by Crippen LogP contribution is -2.12. The van der Waals surface area contributed by atoms with Gasteiger partial charge in [0, 0.05) is 17.5 Å². The Morgan fingerprint density at radius 2 is 2.04 bits per heavy atom. The highest BCUT2D eigenvalue weighted by molar-refractivity contribution is 7.99. The van der Waals surface area contributed by atoms with Crippen LogP contribution in [0.3, 0.4) is 0 Å². The van der Waals surface area contributed by atoms with Crippen LogP contribution >= 0.6 is 11.8 Å². The number of nitrogens with two attached hydrogens (primary N) is 1. The molecule has 0 bridgehead atoms. The average Bonchev–Trinajstić information content (AvgIpc) is 2.94. The third-order valence-electron chi connectivity index (χ3n) is 4.00. The Bertz CT molecular complexity index is 862. The van der Waals surface area contributed by atoms with E-state index in [-0.39, 0.29) is 11.7 Å². The summed E-state index contributed by atoms with van der Waals surface area (Å²) in [5, 5.41) is 1.03. The van der Waals surface area contributed by atoms with E-state index in [0.717, 1.165) is 27.1 Å². The predicted molar refractivity (Wildman–Crippen MR) is 103 cm³/mol. The number of hydrogen-bond donors (Lipinski definition) is 1. The number of imidazole rings is 1. The Balaban J connectivity index is 2.06. The molecule has 3 rings (SSSR count). The van der Waals surface area contributed by atoms with Crippen LogP contribution in [-0.2, 0) is 13.0 Å². The van der Waals surface area contributed by atoms with Crippen LogP contribution in [0.2, 0.25) is 0 Å². The Labute approximate surface area is 157 Å². The van der Waals surface area contributed by atoms with Crippen LogP contribution in [-0.4, -0.2) is 21.1 Å². The van der Waals surface area contributed by atoms with Gasteiger partial charge in [-0.25, -0.2) is 9.37 Å². The first-order valence-electron chi connectivity index (χ1n) is 8.71. The zero-order valence-electron chi connectivity index (χ0n) is 15.0. The maximum atomic E-state index is 13.6. The van der Waals surface area contributed by atoms with Gasteiger partial charge in [-0.15, -0.1) is 0 Å². The van der Waals surface area contributed by atoms with Crippen molar-refractivity contribution in [3.63, 3.8) is 0 Å². The van der Waals surface area contributed by atoms with Crippen molar-refractivity contribution in [2.45, 2.75) is 42.7 Å². The second-order valence-corrected chi connectivity index (χ2v) is 7.44. The van der Waals surface area contributed by atoms with Crippen LogP contribution in [0.1, 0.15) is 37.0 Å². The van der Waals surface area contributed by atoms with Crippen LogP contribution in [0.25, 0.3) is 0 Å². The van der Waals surface area contributed by atoms with Crippen molar-refractivity contribution in [1.82, 2.24) is 14.5 Å². The first-order chi connectivity index (χ1) is 12.6. The number of halogens is 1. The summed E-state index contributed by atoms with van der Waals surface area (Å²) in [6.45, 7) is 5.39. The molecule has 0 radical (unpaired) electrons. The minimum Gasteiger partial charge on any atom is -0.330 e. The molecule has 0 amide bonds. The molecule has 2 N–H and O–H groups in total. The molecular formula is C20H23FN4S. The zero-order chi connectivity index (χ0) is 18.5. The molecule has 0 saturated carbocycles. The summed E-state index contributed by atoms with van der Waals surface area (Å²) in [5.41, 5.74) is 7.78. The molecular weight excluding hydrogens is 347 g/mol. The van der Waals surface area contributed by atoms with Crippen molar-refractivity contribution < 1.29 is 4.39 Å². The number of hydrogen-bond acceptors (Lipinski definition) is 4. The lowest BCUT2D eigenvalue weighted by molar-refractivity contribution is 0.624. The smallest absolute Gasteiger partial charge is 0.124 e. The maximum Gasteiger partial charge on any atom is 0.124 e. The van der Waals surface area contributed by atoms with Crippen LogP contribution < -0.4 is 5.73 Å². The van der Waals surface area contributed by atoms with Gasteiger partial charge in [0.1, 0.15) is 16.7 Å². The normalized spacial score (nSPS) is 11.3. The van der Waals surface area contributed by atoms with Crippen molar-refractivity contribution >= 4 is 11.8 Å². The van der Waals surface area contributed by atoms with E-state index in [1.807, 2.05) is 24.3 Å². The van der Waals surface area contributed by atoms with Gasteiger partial charge in [0.25, 0.3) is 0 Å². The Hall–Kier alpha value is -2.18. The molecule has 3 aromatic rings. The second-order valence-electron chi connectivity index (χ2n) is 6.38. The van der Waals surface area contributed by atoms with Crippen molar-refractivity contribution in [1.29, 1.82) is 0 Å². The van der Waals surface area contributed by atoms with Gasteiger partial charge in [-0.3, -0.25) is 4.98 Å². The Morgan fingerprint density at radius 3 is 2.69 bits per heavy atom. The fourth-order valence-corrected chi connectivity index (χ4v) is 3.97. The van der Waals surface area contributed by atoms with Gasteiger partial charge < -0.3 is 10.3 Å². The van der Waals surface area contributed by atoms with Crippen LogP contribution in [0.4, 0.5) is 4.39 Å². The van der Waals surface area contributed by atoms with E-state index in [9.17, 15) is 4.39 Å². The molecule has 0 atom stereocenters. The number of pyridine rings is 1. The standard InChI is InChI=1S/C20H23FN4S/c1-14(2)19-20(26-17-8-5-6-15(21)12-17)25(18(24-19)9-10-22)13-16-7-3-4-11-23-16/h3-8,11-12,14H,9-10,13,22H2,1-2H3. The minimum atomic E-state index is -0.237. The summed E-state index contributed by atoms with van der Waals surface area (Å²) in [5.74, 6) is 0.965. The lowest BCUT2D eigenvalue weighted by atomic mass is 10.1. The van der Waals surface area contributed by atoms with E-state index >= 15 is 0 Å². The zero-order valence-corrected chi connectivity index (χ0v) is 15.8. The largest absolute Gasteiger partial charge is 0.330 e. The van der Waals surface area contributed by atoms with Crippen molar-refractivity contribution in [2.75, 3.05) is 6.54 Å². The van der Waals surface area contributed by atoms with Crippen molar-refractivity contribution in [3.05, 3.63) is 71.7 Å². The van der Waals surface area contributed by atoms with Crippen LogP contribution in [0.5, 0.6) is 0 Å². The predicted octanol–water partition coefficient (Wildman–Crippen LogP) is 4.24. The van der Waals surface area contributed by atoms with Crippen LogP contribution in [0, 0.1) is 5.82 Å². The summed E-state index contributed by atoms with van der Waals surface area (Å²) in [7, 11) is 0. The van der Waals surface area contributed by atoms with Gasteiger partial charge >= 0.3 is 0 Å². The lowest BCUT2D eigenvalue weighted by Gasteiger charge is -2.13. The summed E-state index contributed by atoms with van der Waals surface area (Å²) < 4.78 is 15.8. The van der Waals surface area contributed by atoms with Gasteiger partial charge in [0.2, 0.25) is 0 Å². The molecule has 0 saturated heterocycles. The molecule has 136 valence electrons. The number of nitrogens with zero attached hydrogens (tertiary/aromatic N) is 3. The van der Waals surface area contributed by atoms with E-state index in [0.29, 0.717) is 19.5 Å². The highest BCUT2D eigenvalue weighted by Gasteiger charge is 2.20. The molecule has 0 unspecified atom stereocenters. The fourth-order valence-electron chi connectivity index (χ4n) is 2.76. The average molecular weight is 370 g/mol. The van der Waals surface area contributed by atoms with Gasteiger partial charge in [0.05, 0.1) is 17.9 Å². The highest BCUT2D eigenvalue weighted by atomic mass is 32.2. The molecule has 0 aliphatic rings. The van der Waals surface area contributed by atoms with E-state index in [1.54, 1.807) is 30.1 Å². The van der Waals surface area contributed by atoms with E-state index < -0.39 is 0 Å². The molecule has 6 heteroatoms. The second kappa shape index (κ2) is 8.47. The summed E-state index contributed by atoms with van der Waals surface area (Å²) in [6, 6.07) is 12.5. The Morgan fingerprint density at radius 1 is 1.19 bits per heavy atom. The third kappa shape index (κ3) is 4.31. The van der Waals surface area contributed by atoms with Gasteiger partial charge in [-0.05, 0) is 42.8 Å². The SMILES string of the molecule is CC(C)c1nc(CCN)n(Cc2ccccn2)c1Sc1cccc(F)c1. The van der Waals surface area contributed by atoms with Crippen molar-refractivity contribution in [2.24, 2.45) is 5.73 Å². The third-order valence-corrected chi connectivity index (χ3v) is 5.11.